The lowest BCUT2D eigenvalue weighted by Gasteiger charge is -2.20. The molecule has 3 aliphatic rings. The van der Waals surface area contributed by atoms with Crippen molar-refractivity contribution in [2.75, 3.05) is 0 Å². The quantitative estimate of drug-likeness (QED) is 0.610. The van der Waals surface area contributed by atoms with E-state index < -0.39 is 0 Å². The molecule has 0 bridgehead atoms. The number of thioether (sulfide) groups is 1. The van der Waals surface area contributed by atoms with Crippen LogP contribution in [0.25, 0.3) is 0 Å². The van der Waals surface area contributed by atoms with Gasteiger partial charge in [-0.05, 0) is 24.0 Å². The SMILES string of the molecule is C1=CC2=CSC3=C(CCC=C3)OC2C=C1. The Hall–Kier alpha value is -1.15. The maximum Gasteiger partial charge on any atom is 0.142 e. The number of rotatable bonds is 0. The fourth-order valence-electron chi connectivity index (χ4n) is 1.88. The van der Waals surface area contributed by atoms with Crippen molar-refractivity contribution in [3.63, 3.8) is 0 Å². The minimum Gasteiger partial charge on any atom is -0.485 e. The summed E-state index contributed by atoms with van der Waals surface area (Å²) in [5.41, 5.74) is 1.25. The van der Waals surface area contributed by atoms with Gasteiger partial charge in [0, 0.05) is 16.9 Å². The summed E-state index contributed by atoms with van der Waals surface area (Å²) in [7, 11) is 0. The van der Waals surface area contributed by atoms with E-state index in [9.17, 15) is 0 Å². The van der Waals surface area contributed by atoms with E-state index in [0.29, 0.717) is 0 Å². The highest BCUT2D eigenvalue weighted by Crippen LogP contribution is 2.36. The second-order valence-electron chi connectivity index (χ2n) is 3.75. The summed E-state index contributed by atoms with van der Waals surface area (Å²) in [6.45, 7) is 0. The van der Waals surface area contributed by atoms with Crippen LogP contribution in [0.15, 0.2) is 58.1 Å². The minimum absolute atomic E-state index is 0.126. The molecule has 1 unspecified atom stereocenters. The van der Waals surface area contributed by atoms with E-state index in [0.717, 1.165) is 18.6 Å². The van der Waals surface area contributed by atoms with E-state index in [4.69, 9.17) is 4.74 Å². The average molecular weight is 216 g/mol. The molecule has 0 fully saturated rings. The zero-order valence-electron chi connectivity index (χ0n) is 8.35. The molecule has 1 aliphatic heterocycles. The lowest BCUT2D eigenvalue weighted by atomic mass is 10.1. The normalized spacial score (nSPS) is 27.7. The standard InChI is InChI=1S/C13H12OS/c1-2-6-11-10(5-1)9-15-13-8-4-3-7-12(13)14-11/h1-2,4-6,8-9,11H,3,7H2. The third kappa shape index (κ3) is 1.70. The van der Waals surface area contributed by atoms with Gasteiger partial charge in [-0.15, -0.1) is 0 Å². The summed E-state index contributed by atoms with van der Waals surface area (Å²) >= 11 is 1.77. The Labute approximate surface area is 93.9 Å². The van der Waals surface area contributed by atoms with Crippen LogP contribution in [0.5, 0.6) is 0 Å². The number of ether oxygens (including phenoxy) is 1. The summed E-state index contributed by atoms with van der Waals surface area (Å²) in [5.74, 6) is 1.15. The van der Waals surface area contributed by atoms with E-state index in [1.54, 1.807) is 11.8 Å². The van der Waals surface area contributed by atoms with Crippen molar-refractivity contribution in [2.45, 2.75) is 18.9 Å². The van der Waals surface area contributed by atoms with Crippen LogP contribution in [-0.2, 0) is 4.74 Å². The van der Waals surface area contributed by atoms with Crippen molar-refractivity contribution >= 4 is 11.8 Å². The molecule has 0 radical (unpaired) electrons. The van der Waals surface area contributed by atoms with Crippen LogP contribution in [0, 0.1) is 0 Å². The van der Waals surface area contributed by atoms with Gasteiger partial charge >= 0.3 is 0 Å². The van der Waals surface area contributed by atoms with E-state index in [1.807, 2.05) is 0 Å². The van der Waals surface area contributed by atoms with Crippen LogP contribution < -0.4 is 0 Å². The molecule has 0 saturated carbocycles. The highest BCUT2D eigenvalue weighted by molar-refractivity contribution is 8.06. The van der Waals surface area contributed by atoms with Crippen molar-refractivity contribution in [1.29, 1.82) is 0 Å². The first kappa shape index (κ1) is 9.10. The number of hydrogen-bond acceptors (Lipinski definition) is 2. The molecule has 0 spiro atoms. The summed E-state index contributed by atoms with van der Waals surface area (Å²) in [6.07, 6.45) is 15.0. The molecule has 0 saturated heterocycles. The molecule has 1 heterocycles. The van der Waals surface area contributed by atoms with Crippen LogP contribution >= 0.6 is 11.8 Å². The highest BCUT2D eigenvalue weighted by Gasteiger charge is 2.21. The topological polar surface area (TPSA) is 9.23 Å². The van der Waals surface area contributed by atoms with Gasteiger partial charge in [-0.2, -0.15) is 0 Å². The molecule has 1 atom stereocenters. The van der Waals surface area contributed by atoms with Crippen molar-refractivity contribution in [2.24, 2.45) is 0 Å². The smallest absolute Gasteiger partial charge is 0.142 e. The van der Waals surface area contributed by atoms with Gasteiger partial charge in [-0.25, -0.2) is 0 Å². The number of hydrogen-bond donors (Lipinski definition) is 0. The van der Waals surface area contributed by atoms with Gasteiger partial charge in [0.1, 0.15) is 11.9 Å². The Morgan fingerprint density at radius 3 is 3.27 bits per heavy atom. The summed E-state index contributed by atoms with van der Waals surface area (Å²) < 4.78 is 6.02. The van der Waals surface area contributed by atoms with Gasteiger partial charge in [0.2, 0.25) is 0 Å². The molecule has 3 rings (SSSR count). The van der Waals surface area contributed by atoms with Crippen molar-refractivity contribution in [1.82, 2.24) is 0 Å². The zero-order valence-corrected chi connectivity index (χ0v) is 9.17. The maximum atomic E-state index is 6.02. The van der Waals surface area contributed by atoms with Crippen LogP contribution in [0.2, 0.25) is 0 Å². The molecule has 1 nitrogen and oxygen atoms in total. The zero-order chi connectivity index (χ0) is 10.1. The van der Waals surface area contributed by atoms with Crippen molar-refractivity contribution < 1.29 is 4.74 Å². The fraction of sp³-hybridized carbons (Fsp3) is 0.231. The molecule has 0 aromatic heterocycles. The largest absolute Gasteiger partial charge is 0.485 e. The third-order valence-corrected chi connectivity index (χ3v) is 3.70. The van der Waals surface area contributed by atoms with E-state index >= 15 is 0 Å². The molecule has 2 aliphatic carbocycles. The van der Waals surface area contributed by atoms with Gasteiger partial charge in [-0.3, -0.25) is 0 Å². The Morgan fingerprint density at radius 2 is 2.27 bits per heavy atom. The molecule has 0 amide bonds. The van der Waals surface area contributed by atoms with Crippen molar-refractivity contribution in [3.8, 4) is 0 Å². The van der Waals surface area contributed by atoms with Crippen LogP contribution in [0.1, 0.15) is 12.8 Å². The van der Waals surface area contributed by atoms with Gasteiger partial charge < -0.3 is 4.74 Å². The molecule has 2 heteroatoms. The van der Waals surface area contributed by atoms with E-state index in [2.05, 4.69) is 41.9 Å². The fourth-order valence-corrected chi connectivity index (χ4v) is 2.81. The summed E-state index contributed by atoms with van der Waals surface area (Å²) in [6, 6.07) is 0. The molecule has 0 aromatic rings. The summed E-state index contributed by atoms with van der Waals surface area (Å²) in [5, 5.41) is 2.20. The maximum absolute atomic E-state index is 6.02. The highest BCUT2D eigenvalue weighted by atomic mass is 32.2. The first-order valence-electron chi connectivity index (χ1n) is 5.21. The second-order valence-corrected chi connectivity index (χ2v) is 4.66. The van der Waals surface area contributed by atoms with Gasteiger partial charge in [-0.1, -0.05) is 36.1 Å². The summed E-state index contributed by atoms with van der Waals surface area (Å²) in [4.78, 5) is 1.27. The Bertz CT molecular complexity index is 424. The van der Waals surface area contributed by atoms with Crippen LogP contribution in [0.4, 0.5) is 0 Å². The Balaban J connectivity index is 1.95. The molecular weight excluding hydrogens is 204 g/mol. The van der Waals surface area contributed by atoms with Gasteiger partial charge in [0.15, 0.2) is 0 Å². The number of fused-ring (bicyclic) bond motifs is 1. The van der Waals surface area contributed by atoms with Crippen molar-refractivity contribution in [3.05, 3.63) is 58.1 Å². The van der Waals surface area contributed by atoms with E-state index in [-0.39, 0.29) is 6.10 Å². The first-order valence-corrected chi connectivity index (χ1v) is 6.09. The number of allylic oxidation sites excluding steroid dienone is 5. The molecule has 0 aromatic carbocycles. The minimum atomic E-state index is 0.126. The first-order chi connectivity index (χ1) is 7.43. The van der Waals surface area contributed by atoms with Gasteiger partial charge in [0.25, 0.3) is 0 Å². The lowest BCUT2D eigenvalue weighted by Crippen LogP contribution is -2.13. The predicted octanol–water partition coefficient (Wildman–Crippen LogP) is 3.69. The molecule has 15 heavy (non-hydrogen) atoms. The molecular formula is C13H12OS. The Morgan fingerprint density at radius 1 is 1.27 bits per heavy atom. The van der Waals surface area contributed by atoms with Crippen LogP contribution in [0.3, 0.4) is 0 Å². The molecule has 0 N–H and O–H groups in total. The van der Waals surface area contributed by atoms with Crippen LogP contribution in [-0.4, -0.2) is 6.10 Å². The monoisotopic (exact) mass is 216 g/mol. The predicted molar refractivity (Wildman–Crippen MR) is 64.2 cm³/mol. The molecule has 76 valence electrons. The van der Waals surface area contributed by atoms with Gasteiger partial charge in [0.05, 0.1) is 0 Å². The average Bonchev–Trinajstić information content (AvgIpc) is 2.48. The lowest BCUT2D eigenvalue weighted by molar-refractivity contribution is 0.175. The third-order valence-electron chi connectivity index (χ3n) is 2.69. The van der Waals surface area contributed by atoms with E-state index in [1.165, 1.54) is 10.5 Å². The second kappa shape index (κ2) is 3.78. The Kier molecular flexibility index (Phi) is 2.29.